The Kier molecular flexibility index (Phi) is 7.75. The summed E-state index contributed by atoms with van der Waals surface area (Å²) >= 11 is 1.24. The molecule has 38 heavy (non-hydrogen) atoms. The highest BCUT2D eigenvalue weighted by molar-refractivity contribution is 8.00. The van der Waals surface area contributed by atoms with Gasteiger partial charge in [0, 0.05) is 50.7 Å². The van der Waals surface area contributed by atoms with Crippen LogP contribution in [0.15, 0.2) is 65.8 Å². The minimum atomic E-state index is -2.84. The summed E-state index contributed by atoms with van der Waals surface area (Å²) < 4.78 is 39.8. The van der Waals surface area contributed by atoms with Gasteiger partial charge in [-0.05, 0) is 55.7 Å². The van der Waals surface area contributed by atoms with Crippen LogP contribution in [0.5, 0.6) is 11.6 Å². The summed E-state index contributed by atoms with van der Waals surface area (Å²) in [6.07, 6.45) is 0.670. The van der Waals surface area contributed by atoms with Crippen LogP contribution in [-0.2, 0) is 7.05 Å². The van der Waals surface area contributed by atoms with Gasteiger partial charge in [-0.15, -0.1) is 0 Å². The average molecular weight is 538 g/mol. The Morgan fingerprint density at radius 2 is 1.71 bits per heavy atom. The van der Waals surface area contributed by atoms with Gasteiger partial charge in [-0.1, -0.05) is 24.3 Å². The van der Waals surface area contributed by atoms with Crippen molar-refractivity contribution in [1.82, 2.24) is 24.6 Å². The minimum absolute atomic E-state index is 0.131. The number of alkyl halides is 2. The molecule has 0 amide bonds. The molecule has 1 aliphatic heterocycles. The second-order valence-electron chi connectivity index (χ2n) is 9.17. The molecule has 0 spiro atoms. The molecule has 2 aromatic heterocycles. The highest BCUT2D eigenvalue weighted by Crippen LogP contribution is 2.40. The molecule has 1 N–H and O–H groups in total. The van der Waals surface area contributed by atoms with Crippen LogP contribution in [0.25, 0.3) is 11.3 Å². The van der Waals surface area contributed by atoms with Crippen LogP contribution in [-0.4, -0.2) is 57.9 Å². The summed E-state index contributed by atoms with van der Waals surface area (Å²) in [5, 5.41) is 4.15. The van der Waals surface area contributed by atoms with Crippen LogP contribution in [0.3, 0.4) is 0 Å². The molecule has 11 heteroatoms. The van der Waals surface area contributed by atoms with E-state index >= 15 is 0 Å². The quantitative estimate of drug-likeness (QED) is 0.284. The van der Waals surface area contributed by atoms with Crippen LogP contribution < -0.4 is 14.4 Å². The first-order valence-electron chi connectivity index (χ1n) is 12.3. The van der Waals surface area contributed by atoms with E-state index in [9.17, 15) is 8.78 Å². The lowest BCUT2D eigenvalue weighted by Crippen LogP contribution is -2.44. The number of ether oxygens (including phenoxy) is 1. The van der Waals surface area contributed by atoms with E-state index in [0.717, 1.165) is 42.3 Å². The van der Waals surface area contributed by atoms with E-state index < -0.39 is 6.43 Å². The molecule has 1 aliphatic rings. The minimum Gasteiger partial charge on any atom is -0.438 e. The third kappa shape index (κ3) is 5.89. The molecule has 1 fully saturated rings. The molecule has 0 saturated carbocycles. The molecule has 0 unspecified atom stereocenters. The molecule has 8 nitrogen and oxygen atoms in total. The van der Waals surface area contributed by atoms with Gasteiger partial charge in [0.25, 0.3) is 6.43 Å². The Bertz CT molecular complexity index is 1390. The van der Waals surface area contributed by atoms with Crippen LogP contribution in [0.2, 0.25) is 0 Å². The zero-order valence-corrected chi connectivity index (χ0v) is 22.3. The normalized spacial score (nSPS) is 14.2. The largest absolute Gasteiger partial charge is 0.438 e. The van der Waals surface area contributed by atoms with Crippen molar-refractivity contribution in [3.8, 4) is 22.9 Å². The molecule has 4 aromatic rings. The molecule has 5 rings (SSSR count). The van der Waals surface area contributed by atoms with Crippen molar-refractivity contribution in [2.24, 2.45) is 7.05 Å². The lowest BCUT2D eigenvalue weighted by atomic mass is 10.0. The summed E-state index contributed by atoms with van der Waals surface area (Å²) in [5.74, 6) is 0.394. The smallest absolute Gasteiger partial charge is 0.271 e. The number of hydrogen-bond acceptors (Lipinski definition) is 8. The van der Waals surface area contributed by atoms with Crippen molar-refractivity contribution in [1.29, 1.82) is 0 Å². The van der Waals surface area contributed by atoms with E-state index in [-0.39, 0.29) is 23.1 Å². The number of piperazine rings is 1. The predicted octanol–water partition coefficient (Wildman–Crippen LogP) is 5.79. The van der Waals surface area contributed by atoms with Crippen molar-refractivity contribution in [3.05, 3.63) is 72.1 Å². The molecular weight excluding hydrogens is 508 g/mol. The number of likely N-dealkylation sites (N-methyl/N-ethyl adjacent to an activating group) is 1. The van der Waals surface area contributed by atoms with Gasteiger partial charge in [0.05, 0.1) is 16.8 Å². The second-order valence-corrected chi connectivity index (χ2v) is 10.1. The number of aromatic nitrogens is 4. The number of rotatable bonds is 8. The lowest BCUT2D eigenvalue weighted by molar-refractivity contribution is 0.147. The topological polar surface area (TPSA) is 71.3 Å². The summed E-state index contributed by atoms with van der Waals surface area (Å²) in [6.45, 7) is 5.71. The number of anilines is 2. The van der Waals surface area contributed by atoms with Gasteiger partial charge < -0.3 is 14.5 Å². The van der Waals surface area contributed by atoms with Gasteiger partial charge in [-0.2, -0.15) is 10.1 Å². The van der Waals surface area contributed by atoms with Gasteiger partial charge >= 0.3 is 0 Å². The highest BCUT2D eigenvalue weighted by Gasteiger charge is 2.26. The van der Waals surface area contributed by atoms with E-state index in [1.165, 1.54) is 11.9 Å². The van der Waals surface area contributed by atoms with Gasteiger partial charge in [0.1, 0.15) is 11.3 Å². The molecule has 2 aromatic carbocycles. The van der Waals surface area contributed by atoms with Crippen LogP contribution in [0, 0.1) is 6.92 Å². The molecule has 3 heterocycles. The predicted molar refractivity (Wildman–Crippen MR) is 146 cm³/mol. The summed E-state index contributed by atoms with van der Waals surface area (Å²) in [5.41, 5.74) is 2.26. The fourth-order valence-electron chi connectivity index (χ4n) is 4.27. The number of nitrogens with zero attached hydrogens (tertiary/aromatic N) is 6. The van der Waals surface area contributed by atoms with E-state index in [2.05, 4.69) is 36.6 Å². The first-order valence-corrected chi connectivity index (χ1v) is 13.1. The fraction of sp³-hybridized carbons (Fsp3) is 0.296. The maximum Gasteiger partial charge on any atom is 0.271 e. The summed E-state index contributed by atoms with van der Waals surface area (Å²) in [6, 6.07) is 14.8. The molecule has 0 aliphatic carbocycles. The monoisotopic (exact) mass is 537 g/mol. The first-order chi connectivity index (χ1) is 18.4. The first kappa shape index (κ1) is 25.9. The van der Waals surface area contributed by atoms with Crippen molar-refractivity contribution in [2.45, 2.75) is 18.2 Å². The molecule has 0 radical (unpaired) electrons. The van der Waals surface area contributed by atoms with Gasteiger partial charge in [0.2, 0.25) is 11.8 Å². The number of aryl methyl sites for hydroxylation is 2. The summed E-state index contributed by atoms with van der Waals surface area (Å²) in [7, 11) is 3.93. The van der Waals surface area contributed by atoms with Crippen molar-refractivity contribution in [2.75, 3.05) is 42.8 Å². The maximum atomic E-state index is 14.5. The van der Waals surface area contributed by atoms with Crippen LogP contribution in [0.4, 0.5) is 20.4 Å². The molecular formula is C27H29F2N7OS. The Morgan fingerprint density at radius 1 is 0.974 bits per heavy atom. The number of hydrogen-bond donors (Lipinski definition) is 1. The van der Waals surface area contributed by atoms with Crippen LogP contribution in [0.1, 0.15) is 17.6 Å². The van der Waals surface area contributed by atoms with Gasteiger partial charge in [-0.3, -0.25) is 9.40 Å². The zero-order valence-electron chi connectivity index (χ0n) is 21.4. The molecule has 0 atom stereocenters. The Labute approximate surface area is 224 Å². The van der Waals surface area contributed by atoms with Crippen molar-refractivity contribution < 1.29 is 13.5 Å². The van der Waals surface area contributed by atoms with E-state index in [0.29, 0.717) is 11.3 Å². The Hall–Kier alpha value is -3.70. The van der Waals surface area contributed by atoms with E-state index in [1.807, 2.05) is 44.4 Å². The van der Waals surface area contributed by atoms with Crippen LogP contribution >= 0.6 is 11.9 Å². The SMILES string of the molecule is Cc1ccccc1-c1nc(NSc2cnn(C)c2)nc(Oc2ccc(N3CCN(C)CC3)cc2)c1C(F)F. The molecule has 1 saturated heterocycles. The lowest BCUT2D eigenvalue weighted by Gasteiger charge is -2.34. The van der Waals surface area contributed by atoms with Gasteiger partial charge in [0.15, 0.2) is 0 Å². The Balaban J connectivity index is 1.48. The Morgan fingerprint density at radius 3 is 2.37 bits per heavy atom. The third-order valence-corrected chi connectivity index (χ3v) is 7.12. The average Bonchev–Trinajstić information content (AvgIpc) is 3.33. The van der Waals surface area contributed by atoms with Gasteiger partial charge in [-0.25, -0.2) is 13.8 Å². The number of halogens is 2. The standard InChI is InChI=1S/C27H29F2N7OS/c1-18-6-4-5-7-22(18)24-23(25(28)29)26(32-27(31-24)33-38-21-16-30-35(3)17-21)37-20-10-8-19(9-11-20)36-14-12-34(2)13-15-36/h4-11,16-17,25H,12-15H2,1-3H3,(H,31,32,33). The number of benzene rings is 2. The maximum absolute atomic E-state index is 14.5. The molecule has 0 bridgehead atoms. The fourth-order valence-corrected chi connectivity index (χ4v) is 4.88. The third-order valence-electron chi connectivity index (χ3n) is 6.39. The summed E-state index contributed by atoms with van der Waals surface area (Å²) in [4.78, 5) is 14.3. The molecule has 198 valence electrons. The van der Waals surface area contributed by atoms with Crippen molar-refractivity contribution >= 4 is 23.6 Å². The highest BCUT2D eigenvalue weighted by atomic mass is 32.2. The van der Waals surface area contributed by atoms with Crippen molar-refractivity contribution in [3.63, 3.8) is 0 Å². The second kappa shape index (κ2) is 11.4. The van der Waals surface area contributed by atoms with E-state index in [4.69, 9.17) is 4.74 Å². The van der Waals surface area contributed by atoms with E-state index in [1.54, 1.807) is 35.1 Å². The zero-order chi connectivity index (χ0) is 26.6. The number of nitrogens with one attached hydrogen (secondary N) is 1.